The molecule has 0 radical (unpaired) electrons. The van der Waals surface area contributed by atoms with Gasteiger partial charge in [0, 0.05) is 58.6 Å². The van der Waals surface area contributed by atoms with Gasteiger partial charge in [0.05, 0.1) is 18.8 Å². The Morgan fingerprint density at radius 2 is 1.94 bits per heavy atom. The highest BCUT2D eigenvalue weighted by Crippen LogP contribution is 2.24. The number of rotatable bonds is 7. The summed E-state index contributed by atoms with van der Waals surface area (Å²) in [6.07, 6.45) is 4.01. The van der Waals surface area contributed by atoms with Gasteiger partial charge in [-0.1, -0.05) is 36.4 Å². The predicted molar refractivity (Wildman–Crippen MR) is 139 cm³/mol. The van der Waals surface area contributed by atoms with Crippen LogP contribution in [-0.2, 0) is 17.8 Å². The number of hydrogen-bond donors (Lipinski definition) is 1. The molecule has 4 rings (SSSR count). The molecular weight excluding hydrogens is 517 g/mol. The van der Waals surface area contributed by atoms with Crippen LogP contribution in [-0.4, -0.2) is 72.3 Å². The molecular formula is C24H34IN5O2. The molecule has 1 aromatic heterocycles. The van der Waals surface area contributed by atoms with E-state index in [1.807, 2.05) is 19.3 Å². The minimum absolute atomic E-state index is 0. The van der Waals surface area contributed by atoms with Crippen molar-refractivity contribution in [3.05, 3.63) is 70.6 Å². The van der Waals surface area contributed by atoms with Crippen LogP contribution in [0, 0.1) is 0 Å². The Balaban J connectivity index is 0.00000289. The van der Waals surface area contributed by atoms with Crippen LogP contribution < -0.4 is 10.9 Å². The first kappa shape index (κ1) is 24.7. The maximum absolute atomic E-state index is 11.8. The molecule has 32 heavy (non-hydrogen) atoms. The highest BCUT2D eigenvalue weighted by Gasteiger charge is 2.41. The second-order valence-electron chi connectivity index (χ2n) is 8.25. The molecule has 2 fully saturated rings. The first-order chi connectivity index (χ1) is 15.2. The second-order valence-corrected chi connectivity index (χ2v) is 8.25. The highest BCUT2D eigenvalue weighted by atomic mass is 127. The van der Waals surface area contributed by atoms with Crippen LogP contribution >= 0.6 is 24.0 Å². The third kappa shape index (κ3) is 6.32. The average molecular weight is 551 g/mol. The molecule has 0 saturated carbocycles. The van der Waals surface area contributed by atoms with Gasteiger partial charge in [-0.15, -0.1) is 24.0 Å². The smallest absolute Gasteiger partial charge is 0.250 e. The normalized spacial score (nSPS) is 21.2. The Hall–Kier alpha value is -1.91. The fourth-order valence-electron chi connectivity index (χ4n) is 4.53. The van der Waals surface area contributed by atoms with Crippen molar-refractivity contribution in [2.45, 2.75) is 38.1 Å². The molecule has 0 spiro atoms. The zero-order valence-corrected chi connectivity index (χ0v) is 21.1. The number of ether oxygens (including phenoxy) is 1. The summed E-state index contributed by atoms with van der Waals surface area (Å²) in [4.78, 5) is 21.2. The van der Waals surface area contributed by atoms with E-state index in [0.717, 1.165) is 64.7 Å². The number of nitrogens with zero attached hydrogens (tertiary/aromatic N) is 4. The summed E-state index contributed by atoms with van der Waals surface area (Å²) in [7, 11) is 1.84. The first-order valence-corrected chi connectivity index (χ1v) is 11.3. The van der Waals surface area contributed by atoms with Crippen LogP contribution in [0.2, 0.25) is 0 Å². The molecule has 2 saturated heterocycles. The quantitative estimate of drug-likeness (QED) is 0.248. The van der Waals surface area contributed by atoms with Gasteiger partial charge in [-0.3, -0.25) is 14.7 Å². The monoisotopic (exact) mass is 551 g/mol. The van der Waals surface area contributed by atoms with E-state index in [-0.39, 0.29) is 35.6 Å². The van der Waals surface area contributed by atoms with Crippen molar-refractivity contribution in [1.82, 2.24) is 19.7 Å². The lowest BCUT2D eigenvalue weighted by molar-refractivity contribution is -0.0502. The SMILES string of the molecule is CN=C(NCCCCn1ccccc1=O)N1CC2OCCN(Cc3ccccc3)C2C1.I. The number of aromatic nitrogens is 1. The van der Waals surface area contributed by atoms with Crippen LogP contribution in [0.4, 0.5) is 0 Å². The zero-order chi connectivity index (χ0) is 21.5. The number of aliphatic imine (C=N–C) groups is 1. The molecule has 174 valence electrons. The van der Waals surface area contributed by atoms with Gasteiger partial charge in [0.2, 0.25) is 5.56 Å². The molecule has 7 nitrogen and oxygen atoms in total. The molecule has 3 heterocycles. The third-order valence-corrected chi connectivity index (χ3v) is 6.16. The number of pyridine rings is 1. The summed E-state index contributed by atoms with van der Waals surface area (Å²) < 4.78 is 7.86. The molecule has 8 heteroatoms. The summed E-state index contributed by atoms with van der Waals surface area (Å²) in [5.74, 6) is 0.939. The number of nitrogens with one attached hydrogen (secondary N) is 1. The molecule has 1 N–H and O–H groups in total. The number of aryl methyl sites for hydroxylation is 1. The van der Waals surface area contributed by atoms with Crippen molar-refractivity contribution in [2.75, 3.05) is 39.8 Å². The van der Waals surface area contributed by atoms with Crippen LogP contribution in [0.3, 0.4) is 0 Å². The lowest BCUT2D eigenvalue weighted by Crippen LogP contribution is -2.50. The molecule has 2 unspecified atom stereocenters. The fourth-order valence-corrected chi connectivity index (χ4v) is 4.53. The summed E-state index contributed by atoms with van der Waals surface area (Å²) in [5.41, 5.74) is 1.41. The number of guanidine groups is 1. The molecule has 2 atom stereocenters. The zero-order valence-electron chi connectivity index (χ0n) is 18.7. The number of fused-ring (bicyclic) bond motifs is 1. The predicted octanol–water partition coefficient (Wildman–Crippen LogP) is 2.41. The van der Waals surface area contributed by atoms with Gasteiger partial charge in [-0.2, -0.15) is 0 Å². The summed E-state index contributed by atoms with van der Waals surface area (Å²) in [6, 6.07) is 16.3. The summed E-state index contributed by atoms with van der Waals surface area (Å²) in [5, 5.41) is 3.50. The van der Waals surface area contributed by atoms with Crippen molar-refractivity contribution in [2.24, 2.45) is 4.99 Å². The number of likely N-dealkylation sites (tertiary alicyclic amines) is 1. The van der Waals surface area contributed by atoms with E-state index in [4.69, 9.17) is 4.74 Å². The van der Waals surface area contributed by atoms with Gasteiger partial charge in [0.25, 0.3) is 0 Å². The van der Waals surface area contributed by atoms with E-state index in [1.54, 1.807) is 16.7 Å². The summed E-state index contributed by atoms with van der Waals surface area (Å²) >= 11 is 0. The number of halogens is 1. The minimum atomic E-state index is 0. The maximum atomic E-state index is 11.8. The Morgan fingerprint density at radius 1 is 1.12 bits per heavy atom. The average Bonchev–Trinajstić information content (AvgIpc) is 3.23. The number of unbranched alkanes of at least 4 members (excludes halogenated alkanes) is 1. The topological polar surface area (TPSA) is 62.1 Å². The number of benzene rings is 1. The van der Waals surface area contributed by atoms with Gasteiger partial charge in [0.1, 0.15) is 0 Å². The standard InChI is InChI=1S/C24H33N5O2.HI/c1-25-24(26-12-6-8-14-27-13-7-5-11-23(27)30)29-18-21-22(19-29)31-16-15-28(21)17-20-9-3-2-4-10-20;/h2-5,7,9-11,13,21-22H,6,8,12,14-19H2,1H3,(H,25,26);1H. The van der Waals surface area contributed by atoms with Gasteiger partial charge in [0.15, 0.2) is 5.96 Å². The van der Waals surface area contributed by atoms with Crippen molar-refractivity contribution < 1.29 is 4.74 Å². The highest BCUT2D eigenvalue weighted by molar-refractivity contribution is 14.0. The van der Waals surface area contributed by atoms with E-state index in [2.05, 4.69) is 50.4 Å². The van der Waals surface area contributed by atoms with E-state index in [9.17, 15) is 4.79 Å². The Bertz CT molecular complexity index is 920. The fraction of sp³-hybridized carbons (Fsp3) is 0.500. The van der Waals surface area contributed by atoms with E-state index >= 15 is 0 Å². The third-order valence-electron chi connectivity index (χ3n) is 6.16. The van der Waals surface area contributed by atoms with Crippen LogP contribution in [0.5, 0.6) is 0 Å². The second kappa shape index (κ2) is 12.4. The Kier molecular flexibility index (Phi) is 9.55. The van der Waals surface area contributed by atoms with Gasteiger partial charge in [-0.05, 0) is 24.5 Å². The van der Waals surface area contributed by atoms with Crippen LogP contribution in [0.1, 0.15) is 18.4 Å². The minimum Gasteiger partial charge on any atom is -0.373 e. The van der Waals surface area contributed by atoms with Crippen molar-refractivity contribution >= 4 is 29.9 Å². The lowest BCUT2D eigenvalue weighted by Gasteiger charge is -2.36. The number of morpholine rings is 1. The van der Waals surface area contributed by atoms with E-state index in [0.29, 0.717) is 6.04 Å². The van der Waals surface area contributed by atoms with E-state index in [1.165, 1.54) is 5.56 Å². The molecule has 0 amide bonds. The van der Waals surface area contributed by atoms with Crippen LogP contribution in [0.15, 0.2) is 64.5 Å². The maximum Gasteiger partial charge on any atom is 0.250 e. The Morgan fingerprint density at radius 3 is 2.72 bits per heavy atom. The lowest BCUT2D eigenvalue weighted by atomic mass is 10.1. The summed E-state index contributed by atoms with van der Waals surface area (Å²) in [6.45, 7) is 6.10. The van der Waals surface area contributed by atoms with Crippen molar-refractivity contribution in [3.63, 3.8) is 0 Å². The molecule has 0 bridgehead atoms. The van der Waals surface area contributed by atoms with Gasteiger partial charge >= 0.3 is 0 Å². The largest absolute Gasteiger partial charge is 0.373 e. The molecule has 2 aliphatic heterocycles. The Labute approximate surface area is 207 Å². The van der Waals surface area contributed by atoms with Crippen LogP contribution in [0.25, 0.3) is 0 Å². The van der Waals surface area contributed by atoms with Crippen molar-refractivity contribution in [3.8, 4) is 0 Å². The van der Waals surface area contributed by atoms with E-state index < -0.39 is 0 Å². The molecule has 0 aliphatic carbocycles. The number of hydrogen-bond acceptors (Lipinski definition) is 4. The van der Waals surface area contributed by atoms with Gasteiger partial charge in [-0.25, -0.2) is 0 Å². The van der Waals surface area contributed by atoms with Gasteiger partial charge < -0.3 is 19.5 Å². The molecule has 1 aromatic carbocycles. The molecule has 2 aromatic rings. The first-order valence-electron chi connectivity index (χ1n) is 11.3. The molecule has 2 aliphatic rings. The van der Waals surface area contributed by atoms with Crippen molar-refractivity contribution in [1.29, 1.82) is 0 Å².